The Hall–Kier alpha value is -3.75. The van der Waals surface area contributed by atoms with Crippen molar-refractivity contribution in [2.75, 3.05) is 19.1 Å². The maximum Gasteiger partial charge on any atom is 0.355 e. The topological polar surface area (TPSA) is 99.4 Å². The average molecular weight is 353 g/mol. The van der Waals surface area contributed by atoms with E-state index in [-0.39, 0.29) is 11.3 Å². The zero-order valence-corrected chi connectivity index (χ0v) is 14.1. The molecule has 9 nitrogen and oxygen atoms in total. The Morgan fingerprint density at radius 2 is 1.81 bits per heavy atom. The molecule has 1 aliphatic heterocycles. The molecule has 0 atom stereocenters. The molecule has 0 spiro atoms. The normalized spacial score (nSPS) is 13.5. The first-order chi connectivity index (χ1) is 12.7. The van der Waals surface area contributed by atoms with Gasteiger partial charge in [-0.15, -0.1) is 5.10 Å². The summed E-state index contributed by atoms with van der Waals surface area (Å²) in [5.41, 5.74) is 1.41. The number of nitrogens with zero attached hydrogens (tertiary/aromatic N) is 5. The molecule has 0 amide bonds. The molecule has 0 fully saturated rings. The van der Waals surface area contributed by atoms with Crippen LogP contribution < -0.4 is 4.90 Å². The maximum atomic E-state index is 12.4. The van der Waals surface area contributed by atoms with Gasteiger partial charge in [-0.05, 0) is 40.8 Å². The van der Waals surface area contributed by atoms with Gasteiger partial charge in [-0.25, -0.2) is 14.3 Å². The van der Waals surface area contributed by atoms with Gasteiger partial charge in [0.25, 0.3) is 0 Å². The zero-order valence-electron chi connectivity index (χ0n) is 14.1. The van der Waals surface area contributed by atoms with Gasteiger partial charge < -0.3 is 14.4 Å². The number of hydrogen-bond donors (Lipinski definition) is 0. The van der Waals surface area contributed by atoms with Crippen molar-refractivity contribution >= 4 is 17.6 Å². The van der Waals surface area contributed by atoms with Gasteiger partial charge in [0.1, 0.15) is 12.0 Å². The summed E-state index contributed by atoms with van der Waals surface area (Å²) in [5.74, 6) is -1.32. The highest BCUT2D eigenvalue weighted by Gasteiger charge is 2.27. The molecule has 1 aromatic carbocycles. The first-order valence-electron chi connectivity index (χ1n) is 7.54. The van der Waals surface area contributed by atoms with E-state index in [4.69, 9.17) is 9.47 Å². The van der Waals surface area contributed by atoms with Crippen LogP contribution in [0.1, 0.15) is 0 Å². The summed E-state index contributed by atoms with van der Waals surface area (Å²) in [6.45, 7) is 0. The van der Waals surface area contributed by atoms with Crippen LogP contribution >= 0.6 is 0 Å². The standard InChI is InChI=1S/C17H15N5O4/c1-25-16(23)14-8-3-4-9-21(15(14)17(24)26-2)12-6-5-7-13(10-12)22-11-18-19-20-22/h3-11H,1-2H3. The molecule has 0 unspecified atom stereocenters. The molecule has 1 aromatic heterocycles. The van der Waals surface area contributed by atoms with Crippen LogP contribution in [-0.2, 0) is 19.1 Å². The quantitative estimate of drug-likeness (QED) is 0.755. The van der Waals surface area contributed by atoms with Crippen LogP contribution in [0, 0.1) is 0 Å². The Labute approximate surface area is 148 Å². The lowest BCUT2D eigenvalue weighted by Gasteiger charge is -2.23. The van der Waals surface area contributed by atoms with Crippen LogP contribution in [0.5, 0.6) is 0 Å². The van der Waals surface area contributed by atoms with Crippen LogP contribution in [0.15, 0.2) is 66.3 Å². The third-order valence-electron chi connectivity index (χ3n) is 3.61. The first kappa shape index (κ1) is 17.1. The second-order valence-electron chi connectivity index (χ2n) is 5.09. The SMILES string of the molecule is COC(=O)C1=C(C(=O)OC)N(c2cccc(-n3cnnn3)c2)C=CC=C1. The number of benzene rings is 1. The van der Waals surface area contributed by atoms with Crippen LogP contribution in [0.2, 0.25) is 0 Å². The molecule has 3 rings (SSSR count). The van der Waals surface area contributed by atoms with E-state index >= 15 is 0 Å². The van der Waals surface area contributed by atoms with Crippen molar-refractivity contribution in [3.63, 3.8) is 0 Å². The minimum absolute atomic E-state index is 0.0400. The number of anilines is 1. The molecule has 9 heteroatoms. The monoisotopic (exact) mass is 353 g/mol. The number of esters is 2. The predicted octanol–water partition coefficient (Wildman–Crippen LogP) is 1.15. The number of methoxy groups -OCH3 is 2. The zero-order chi connectivity index (χ0) is 18.5. The predicted molar refractivity (Wildman–Crippen MR) is 91.0 cm³/mol. The Balaban J connectivity index is 2.14. The van der Waals surface area contributed by atoms with Crippen LogP contribution in [0.4, 0.5) is 5.69 Å². The molecule has 0 saturated heterocycles. The van der Waals surface area contributed by atoms with E-state index < -0.39 is 11.9 Å². The summed E-state index contributed by atoms with van der Waals surface area (Å²) in [5, 5.41) is 11.1. The molecule has 0 radical (unpaired) electrons. The lowest BCUT2D eigenvalue weighted by Crippen LogP contribution is -2.27. The Morgan fingerprint density at radius 1 is 1.04 bits per heavy atom. The highest BCUT2D eigenvalue weighted by atomic mass is 16.5. The largest absolute Gasteiger partial charge is 0.465 e. The Kier molecular flexibility index (Phi) is 4.88. The first-order valence-corrected chi connectivity index (χ1v) is 7.54. The number of allylic oxidation sites excluding steroid dienone is 2. The molecule has 0 bridgehead atoms. The number of rotatable bonds is 4. The fourth-order valence-electron chi connectivity index (χ4n) is 2.43. The van der Waals surface area contributed by atoms with Gasteiger partial charge in [0.15, 0.2) is 0 Å². The lowest BCUT2D eigenvalue weighted by atomic mass is 10.1. The van der Waals surface area contributed by atoms with Gasteiger partial charge in [-0.2, -0.15) is 0 Å². The number of ether oxygens (including phenoxy) is 2. The molecular formula is C17H15N5O4. The highest BCUT2D eigenvalue weighted by molar-refractivity contribution is 6.05. The molecule has 26 heavy (non-hydrogen) atoms. The fourth-order valence-corrected chi connectivity index (χ4v) is 2.43. The second kappa shape index (κ2) is 7.43. The van der Waals surface area contributed by atoms with Gasteiger partial charge >= 0.3 is 11.9 Å². The number of hydrogen-bond acceptors (Lipinski definition) is 8. The minimum Gasteiger partial charge on any atom is -0.465 e. The molecule has 0 saturated carbocycles. The molecule has 132 valence electrons. The Morgan fingerprint density at radius 3 is 2.50 bits per heavy atom. The van der Waals surface area contributed by atoms with E-state index in [1.165, 1.54) is 31.3 Å². The van der Waals surface area contributed by atoms with Crippen molar-refractivity contribution in [2.45, 2.75) is 0 Å². The molecule has 2 heterocycles. The van der Waals surface area contributed by atoms with Crippen molar-refractivity contribution in [1.29, 1.82) is 0 Å². The van der Waals surface area contributed by atoms with E-state index in [2.05, 4.69) is 15.5 Å². The third-order valence-corrected chi connectivity index (χ3v) is 3.61. The summed E-state index contributed by atoms with van der Waals surface area (Å²) in [6.07, 6.45) is 7.94. The highest BCUT2D eigenvalue weighted by Crippen LogP contribution is 2.27. The lowest BCUT2D eigenvalue weighted by molar-refractivity contribution is -0.139. The summed E-state index contributed by atoms with van der Waals surface area (Å²) in [6, 6.07) is 7.14. The summed E-state index contributed by atoms with van der Waals surface area (Å²) >= 11 is 0. The summed E-state index contributed by atoms with van der Waals surface area (Å²) in [4.78, 5) is 26.1. The van der Waals surface area contributed by atoms with E-state index in [0.717, 1.165) is 0 Å². The molecule has 0 N–H and O–H groups in total. The van der Waals surface area contributed by atoms with E-state index in [9.17, 15) is 9.59 Å². The van der Waals surface area contributed by atoms with Gasteiger partial charge in [-0.1, -0.05) is 12.1 Å². The summed E-state index contributed by atoms with van der Waals surface area (Å²) < 4.78 is 11.1. The van der Waals surface area contributed by atoms with Gasteiger partial charge in [0, 0.05) is 11.9 Å². The van der Waals surface area contributed by atoms with Crippen molar-refractivity contribution in [3.8, 4) is 5.69 Å². The average Bonchev–Trinajstić information content (AvgIpc) is 3.13. The molecular weight excluding hydrogens is 338 g/mol. The number of aromatic nitrogens is 4. The number of carbonyl (C=O) groups is 2. The minimum atomic E-state index is -0.672. The van der Waals surface area contributed by atoms with E-state index in [0.29, 0.717) is 11.4 Å². The van der Waals surface area contributed by atoms with Crippen molar-refractivity contribution in [1.82, 2.24) is 20.2 Å². The van der Waals surface area contributed by atoms with E-state index in [1.54, 1.807) is 41.5 Å². The fraction of sp³-hybridized carbons (Fsp3) is 0.118. The van der Waals surface area contributed by atoms with Crippen molar-refractivity contribution in [3.05, 3.63) is 66.3 Å². The third kappa shape index (κ3) is 3.22. The number of carbonyl (C=O) groups excluding carboxylic acids is 2. The van der Waals surface area contributed by atoms with Crippen molar-refractivity contribution in [2.24, 2.45) is 0 Å². The van der Waals surface area contributed by atoms with E-state index in [1.807, 2.05) is 6.07 Å². The second-order valence-corrected chi connectivity index (χ2v) is 5.09. The molecule has 1 aliphatic rings. The van der Waals surface area contributed by atoms with Gasteiger partial charge in [0.2, 0.25) is 0 Å². The maximum absolute atomic E-state index is 12.4. The summed E-state index contributed by atoms with van der Waals surface area (Å²) in [7, 11) is 2.50. The molecule has 2 aromatic rings. The van der Waals surface area contributed by atoms with Crippen LogP contribution in [-0.4, -0.2) is 46.4 Å². The van der Waals surface area contributed by atoms with Crippen LogP contribution in [0.3, 0.4) is 0 Å². The Bertz CT molecular complexity index is 915. The smallest absolute Gasteiger partial charge is 0.355 e. The van der Waals surface area contributed by atoms with Crippen LogP contribution in [0.25, 0.3) is 5.69 Å². The molecule has 0 aliphatic carbocycles. The van der Waals surface area contributed by atoms with Gasteiger partial charge in [0.05, 0.1) is 25.5 Å². The van der Waals surface area contributed by atoms with Crippen molar-refractivity contribution < 1.29 is 19.1 Å². The number of tetrazole rings is 1. The van der Waals surface area contributed by atoms with Gasteiger partial charge in [-0.3, -0.25) is 0 Å².